The Balaban J connectivity index is 1.75. The summed E-state index contributed by atoms with van der Waals surface area (Å²) < 4.78 is 32.7. The molecule has 0 spiro atoms. The number of para-hydroxylation sites is 1. The lowest BCUT2D eigenvalue weighted by Crippen LogP contribution is -2.44. The van der Waals surface area contributed by atoms with Gasteiger partial charge in [0.25, 0.3) is 0 Å². The van der Waals surface area contributed by atoms with Gasteiger partial charge in [0.2, 0.25) is 15.9 Å². The monoisotopic (exact) mass is 404 g/mol. The first kappa shape index (κ1) is 20.3. The molecule has 1 aromatic carbocycles. The molecule has 1 aliphatic rings. The average molecular weight is 404 g/mol. The number of amides is 1. The topological polar surface area (TPSA) is 104 Å². The van der Waals surface area contributed by atoms with E-state index in [-0.39, 0.29) is 36.8 Å². The average Bonchev–Trinajstić information content (AvgIpc) is 3.17. The highest BCUT2D eigenvalue weighted by atomic mass is 32.2. The van der Waals surface area contributed by atoms with Crippen LogP contribution in [-0.4, -0.2) is 62.3 Å². The summed E-state index contributed by atoms with van der Waals surface area (Å²) in [4.78, 5) is 12.7. The predicted octanol–water partition coefficient (Wildman–Crippen LogP) is 0.844. The number of rotatable bonds is 6. The minimum Gasteiger partial charge on any atom is -0.379 e. The predicted molar refractivity (Wildman–Crippen MR) is 105 cm³/mol. The van der Waals surface area contributed by atoms with Crippen molar-refractivity contribution in [3.05, 3.63) is 35.5 Å². The van der Waals surface area contributed by atoms with Crippen molar-refractivity contribution in [1.29, 1.82) is 5.26 Å². The lowest BCUT2D eigenvalue weighted by molar-refractivity contribution is -0.122. The van der Waals surface area contributed by atoms with Gasteiger partial charge in [0.15, 0.2) is 0 Å². The van der Waals surface area contributed by atoms with Crippen molar-refractivity contribution >= 4 is 26.8 Å². The molecular weight excluding hydrogens is 380 g/mol. The third kappa shape index (κ3) is 3.90. The lowest BCUT2D eigenvalue weighted by atomic mass is 10.1. The highest BCUT2D eigenvalue weighted by Crippen LogP contribution is 2.25. The molecule has 0 aliphatic carbocycles. The maximum atomic E-state index is 12.7. The summed E-state index contributed by atoms with van der Waals surface area (Å²) >= 11 is 0. The van der Waals surface area contributed by atoms with Crippen molar-refractivity contribution in [3.8, 4) is 6.07 Å². The number of ether oxygens (including phenoxy) is 1. The SMILES string of the molecule is Cc1c(C#N)c2ccccc2n1CC(=O)N[C@H]1COC[C@H]1CS(=O)(=O)N(C)C. The zero-order valence-electron chi connectivity index (χ0n) is 16.2. The van der Waals surface area contributed by atoms with E-state index in [0.29, 0.717) is 12.2 Å². The summed E-state index contributed by atoms with van der Waals surface area (Å²) in [5.74, 6) is -0.612. The zero-order valence-corrected chi connectivity index (χ0v) is 17.0. The van der Waals surface area contributed by atoms with E-state index in [0.717, 1.165) is 16.6 Å². The maximum Gasteiger partial charge on any atom is 0.240 e. The molecule has 28 heavy (non-hydrogen) atoms. The number of hydrogen-bond donors (Lipinski definition) is 1. The number of carbonyl (C=O) groups is 1. The number of fused-ring (bicyclic) bond motifs is 1. The molecule has 2 heterocycles. The Morgan fingerprint density at radius 3 is 2.75 bits per heavy atom. The molecule has 1 saturated heterocycles. The van der Waals surface area contributed by atoms with Gasteiger partial charge in [0, 0.05) is 31.1 Å². The number of sulfonamides is 1. The standard InChI is InChI=1S/C19H24N4O4S/c1-13-16(8-20)15-6-4-5-7-18(15)23(13)9-19(24)21-17-11-27-10-14(17)12-28(25,26)22(2)3/h4-7,14,17H,9-12H2,1-3H3,(H,21,24)/t14-,17-/m0/s1. The summed E-state index contributed by atoms with van der Waals surface area (Å²) in [5, 5.41) is 13.2. The fourth-order valence-electron chi connectivity index (χ4n) is 3.51. The second-order valence-electron chi connectivity index (χ2n) is 7.21. The summed E-state index contributed by atoms with van der Waals surface area (Å²) in [7, 11) is -0.401. The second kappa shape index (κ2) is 7.91. The molecular formula is C19H24N4O4S. The van der Waals surface area contributed by atoms with Crippen LogP contribution < -0.4 is 5.32 Å². The second-order valence-corrected chi connectivity index (χ2v) is 9.44. The van der Waals surface area contributed by atoms with Crippen LogP contribution in [0.25, 0.3) is 10.9 Å². The molecule has 1 N–H and O–H groups in total. The van der Waals surface area contributed by atoms with Gasteiger partial charge in [-0.05, 0) is 13.0 Å². The molecule has 0 saturated carbocycles. The first-order chi connectivity index (χ1) is 13.2. The molecule has 0 unspecified atom stereocenters. The van der Waals surface area contributed by atoms with Gasteiger partial charge >= 0.3 is 0 Å². The van der Waals surface area contributed by atoms with Crippen molar-refractivity contribution < 1.29 is 17.9 Å². The van der Waals surface area contributed by atoms with Crippen molar-refractivity contribution in [2.24, 2.45) is 5.92 Å². The van der Waals surface area contributed by atoms with Crippen LogP contribution in [-0.2, 0) is 26.1 Å². The Bertz CT molecular complexity index is 1040. The molecule has 1 aliphatic heterocycles. The minimum absolute atomic E-state index is 0.0533. The summed E-state index contributed by atoms with van der Waals surface area (Å²) in [6, 6.07) is 9.31. The highest BCUT2D eigenvalue weighted by Gasteiger charge is 2.34. The molecule has 0 radical (unpaired) electrons. The van der Waals surface area contributed by atoms with Gasteiger partial charge in [-0.15, -0.1) is 0 Å². The van der Waals surface area contributed by atoms with E-state index in [4.69, 9.17) is 4.74 Å². The van der Waals surface area contributed by atoms with Gasteiger partial charge < -0.3 is 14.6 Å². The van der Waals surface area contributed by atoms with E-state index >= 15 is 0 Å². The Morgan fingerprint density at radius 1 is 1.36 bits per heavy atom. The van der Waals surface area contributed by atoms with Crippen LogP contribution in [0.3, 0.4) is 0 Å². The van der Waals surface area contributed by atoms with Crippen LogP contribution in [0.1, 0.15) is 11.3 Å². The van der Waals surface area contributed by atoms with E-state index < -0.39 is 10.0 Å². The van der Waals surface area contributed by atoms with Gasteiger partial charge in [0.05, 0.1) is 36.1 Å². The van der Waals surface area contributed by atoms with Gasteiger partial charge in [-0.25, -0.2) is 12.7 Å². The summed E-state index contributed by atoms with van der Waals surface area (Å²) in [6.45, 7) is 2.45. The lowest BCUT2D eigenvalue weighted by Gasteiger charge is -2.21. The number of carbonyl (C=O) groups excluding carboxylic acids is 1. The number of nitriles is 1. The largest absolute Gasteiger partial charge is 0.379 e. The Kier molecular flexibility index (Phi) is 5.74. The number of nitrogens with one attached hydrogen (secondary N) is 1. The third-order valence-electron chi connectivity index (χ3n) is 5.17. The molecule has 1 amide bonds. The van der Waals surface area contributed by atoms with Crippen molar-refractivity contribution in [2.45, 2.75) is 19.5 Å². The fraction of sp³-hybridized carbons (Fsp3) is 0.474. The van der Waals surface area contributed by atoms with Gasteiger partial charge in [0.1, 0.15) is 12.6 Å². The van der Waals surface area contributed by atoms with Crippen molar-refractivity contribution in [2.75, 3.05) is 33.1 Å². The molecule has 3 rings (SSSR count). The number of nitrogens with zero attached hydrogens (tertiary/aromatic N) is 3. The van der Waals surface area contributed by atoms with E-state index in [1.807, 2.05) is 35.8 Å². The summed E-state index contributed by atoms with van der Waals surface area (Å²) in [5.41, 5.74) is 2.11. The molecule has 2 aromatic rings. The quantitative estimate of drug-likeness (QED) is 0.768. The molecule has 1 fully saturated rings. The van der Waals surface area contributed by atoms with Gasteiger partial charge in [-0.3, -0.25) is 4.79 Å². The molecule has 8 nitrogen and oxygen atoms in total. The first-order valence-corrected chi connectivity index (χ1v) is 10.6. The molecule has 2 atom stereocenters. The van der Waals surface area contributed by atoms with E-state index in [2.05, 4.69) is 11.4 Å². The Labute approximate surface area is 164 Å². The number of hydrogen-bond acceptors (Lipinski definition) is 5. The minimum atomic E-state index is -3.38. The van der Waals surface area contributed by atoms with Crippen LogP contribution in [0.5, 0.6) is 0 Å². The van der Waals surface area contributed by atoms with Gasteiger partial charge in [-0.1, -0.05) is 18.2 Å². The highest BCUT2D eigenvalue weighted by molar-refractivity contribution is 7.89. The maximum absolute atomic E-state index is 12.7. The zero-order chi connectivity index (χ0) is 20.5. The van der Waals surface area contributed by atoms with E-state index in [9.17, 15) is 18.5 Å². The van der Waals surface area contributed by atoms with Crippen LogP contribution in [0, 0.1) is 24.2 Å². The third-order valence-corrected chi connectivity index (χ3v) is 7.13. The molecule has 150 valence electrons. The Morgan fingerprint density at radius 2 is 2.07 bits per heavy atom. The van der Waals surface area contributed by atoms with E-state index in [1.165, 1.54) is 18.4 Å². The molecule has 0 bridgehead atoms. The fourth-order valence-corrected chi connectivity index (χ4v) is 4.68. The van der Waals surface area contributed by atoms with Crippen LogP contribution >= 0.6 is 0 Å². The number of benzene rings is 1. The van der Waals surface area contributed by atoms with Crippen molar-refractivity contribution in [1.82, 2.24) is 14.2 Å². The Hall–Kier alpha value is -2.41. The normalized spacial score (nSPS) is 19.8. The smallest absolute Gasteiger partial charge is 0.240 e. The van der Waals surface area contributed by atoms with E-state index in [1.54, 1.807) is 0 Å². The molecule has 1 aromatic heterocycles. The molecule has 9 heteroatoms. The summed E-state index contributed by atoms with van der Waals surface area (Å²) in [6.07, 6.45) is 0. The first-order valence-electron chi connectivity index (χ1n) is 9.00. The van der Waals surface area contributed by atoms with Crippen LogP contribution in [0.15, 0.2) is 24.3 Å². The van der Waals surface area contributed by atoms with Crippen LogP contribution in [0.4, 0.5) is 0 Å². The van der Waals surface area contributed by atoms with Gasteiger partial charge in [-0.2, -0.15) is 5.26 Å². The number of aromatic nitrogens is 1. The van der Waals surface area contributed by atoms with Crippen LogP contribution in [0.2, 0.25) is 0 Å². The van der Waals surface area contributed by atoms with Crippen molar-refractivity contribution in [3.63, 3.8) is 0 Å².